The monoisotopic (exact) mass is 1070 g/mol. The molecule has 2 aromatic carbocycles. The smallest absolute Gasteiger partial charge is 0.343 e. The van der Waals surface area contributed by atoms with Gasteiger partial charge in [-0.15, -0.1) is 0 Å². The summed E-state index contributed by atoms with van der Waals surface area (Å²) in [7, 11) is 1.80. The van der Waals surface area contributed by atoms with E-state index in [1.807, 2.05) is 23.1 Å². The van der Waals surface area contributed by atoms with Crippen molar-refractivity contribution in [3.63, 3.8) is 0 Å². The number of aryl methyl sites for hydroxylation is 1. The number of ketones is 2. The van der Waals surface area contributed by atoms with Gasteiger partial charge in [0.2, 0.25) is 23.6 Å². The number of likely N-dealkylation sites (N-methyl/N-ethyl adjacent to an activating group) is 1. The average Bonchev–Trinajstić information content (AvgIpc) is 4.09. The van der Waals surface area contributed by atoms with Crippen molar-refractivity contribution in [2.75, 3.05) is 39.8 Å². The number of nitrogens with one attached hydrogen (secondary N) is 4. The second-order valence-electron chi connectivity index (χ2n) is 20.4. The van der Waals surface area contributed by atoms with E-state index in [2.05, 4.69) is 21.3 Å². The summed E-state index contributed by atoms with van der Waals surface area (Å²) in [5, 5.41) is 23.4. The molecule has 3 atom stereocenters. The number of rotatable bonds is 26. The van der Waals surface area contributed by atoms with Crippen LogP contribution in [0.1, 0.15) is 123 Å². The number of fused-ring (bicyclic) bond motifs is 5. The molecule has 5 heterocycles. The van der Waals surface area contributed by atoms with Crippen molar-refractivity contribution in [3.8, 4) is 11.4 Å². The van der Waals surface area contributed by atoms with Crippen LogP contribution >= 0.6 is 0 Å². The molecule has 4 aliphatic rings. The number of carbonyl (C=O) groups is 9. The van der Waals surface area contributed by atoms with Gasteiger partial charge < -0.3 is 40.6 Å². The minimum atomic E-state index is -2.02. The summed E-state index contributed by atoms with van der Waals surface area (Å²) in [5.41, 5.74) is 2.51. The molecule has 20 nitrogen and oxygen atoms in total. The van der Waals surface area contributed by atoms with Crippen LogP contribution in [0.5, 0.6) is 0 Å². The second kappa shape index (κ2) is 24.7. The molecular weight excluding hydrogens is 1010 g/mol. The predicted molar refractivity (Wildman–Crippen MR) is 281 cm³/mol. The van der Waals surface area contributed by atoms with Gasteiger partial charge in [-0.05, 0) is 80.8 Å². The van der Waals surface area contributed by atoms with Gasteiger partial charge in [-0.2, -0.15) is 0 Å². The van der Waals surface area contributed by atoms with E-state index in [9.17, 15) is 53.1 Å². The van der Waals surface area contributed by atoms with E-state index in [-0.39, 0.29) is 136 Å². The number of carbonyl (C=O) groups excluding carboxylic acids is 9. The van der Waals surface area contributed by atoms with E-state index in [0.29, 0.717) is 73.2 Å². The number of unbranched alkanes of at least 4 members (excludes halogenated alkanes) is 2. The lowest BCUT2D eigenvalue weighted by atomic mass is 9.81. The van der Waals surface area contributed by atoms with Gasteiger partial charge in [0.15, 0.2) is 17.2 Å². The Morgan fingerprint density at radius 3 is 2.33 bits per heavy atom. The van der Waals surface area contributed by atoms with Gasteiger partial charge in [-0.25, -0.2) is 14.2 Å². The number of aromatic nitrogens is 2. The maximum absolute atomic E-state index is 15.4. The lowest BCUT2D eigenvalue weighted by molar-refractivity contribution is -0.172. The molecule has 3 aliphatic heterocycles. The average molecular weight is 1070 g/mol. The van der Waals surface area contributed by atoms with Crippen molar-refractivity contribution in [2.45, 2.75) is 128 Å². The Bertz CT molecular complexity index is 3160. The number of imide groups is 1. The van der Waals surface area contributed by atoms with Crippen molar-refractivity contribution >= 4 is 63.9 Å². The minimum absolute atomic E-state index is 0.0251. The standard InChI is InChI=1S/C57H65FN8O12/c1-4-57(77)39-28-44-54-37(31-66(44)55(75)38(39)32-78-56(57)76)53-41(16-15-36-33(2)40(58)29-43(63-54)52(36)53)61-49(72)22-25-64(3)26-23-59-47(70)19-17-45(68)42(27-34-11-7-5-8-12-34)62-48(71)18-14-35(67)30-60-46(69)13-9-6-10-24-65-50(73)20-21-51(65)74/h5,7-8,11-12,20-21,28-29,41-42,77H,4,6,9-10,13-19,22-27,30-32H2,1-3H3,(H,59,70)(H,60,69)(H,61,72)(H,62,71)/t41?,42-,57-/m0/s1. The number of esters is 1. The number of amides is 6. The molecule has 78 heavy (non-hydrogen) atoms. The zero-order valence-corrected chi connectivity index (χ0v) is 44.1. The summed E-state index contributed by atoms with van der Waals surface area (Å²) in [6.45, 7) is 4.10. The number of benzene rings is 2. The Hall–Kier alpha value is -7.78. The van der Waals surface area contributed by atoms with Gasteiger partial charge in [0.25, 0.3) is 17.4 Å². The Morgan fingerprint density at radius 1 is 0.859 bits per heavy atom. The number of hydrogen-bond donors (Lipinski definition) is 5. The molecule has 0 saturated carbocycles. The third-order valence-electron chi connectivity index (χ3n) is 15.2. The van der Waals surface area contributed by atoms with Crippen LogP contribution in [-0.2, 0) is 79.5 Å². The largest absolute Gasteiger partial charge is 0.458 e. The Balaban J connectivity index is 0.783. The highest BCUT2D eigenvalue weighted by Crippen LogP contribution is 2.46. The van der Waals surface area contributed by atoms with Crippen LogP contribution in [0.25, 0.3) is 22.3 Å². The molecule has 1 unspecified atom stereocenters. The molecule has 4 aromatic rings. The highest BCUT2D eigenvalue weighted by Gasteiger charge is 2.46. The maximum atomic E-state index is 15.4. The van der Waals surface area contributed by atoms with Crippen LogP contribution in [0.2, 0.25) is 0 Å². The van der Waals surface area contributed by atoms with E-state index in [1.165, 1.54) is 22.8 Å². The summed E-state index contributed by atoms with van der Waals surface area (Å²) in [6.07, 6.45) is 4.73. The van der Waals surface area contributed by atoms with Gasteiger partial charge in [-0.3, -0.25) is 48.1 Å². The number of aliphatic hydroxyl groups is 1. The number of hydrogen-bond acceptors (Lipinski definition) is 14. The first-order valence-electron chi connectivity index (χ1n) is 26.6. The molecule has 412 valence electrons. The molecule has 1 aliphatic carbocycles. The summed E-state index contributed by atoms with van der Waals surface area (Å²) in [5.74, 6) is -4.22. The number of cyclic esters (lactones) is 1. The SMILES string of the molecule is CC[C@@]1(O)C(=O)OCc2c1cc1n(c2=O)Cc2c-1nc1cc(F)c(C)c3c1c2C(NC(=O)CCN(C)CCNC(=O)CCC(=O)[C@H](Cc1ccccc1)NC(=O)CCC(=O)CNC(=O)CCCCCN1C(=O)C=CC1=O)CC3. The van der Waals surface area contributed by atoms with Crippen molar-refractivity contribution in [2.24, 2.45) is 0 Å². The van der Waals surface area contributed by atoms with Gasteiger partial charge in [0.05, 0.1) is 47.6 Å². The zero-order valence-electron chi connectivity index (χ0n) is 44.1. The molecular formula is C57H65FN8O12. The minimum Gasteiger partial charge on any atom is -0.458 e. The molecule has 0 saturated heterocycles. The first-order valence-corrected chi connectivity index (χ1v) is 26.6. The van der Waals surface area contributed by atoms with Crippen molar-refractivity contribution in [1.29, 1.82) is 0 Å². The fraction of sp³-hybridized carbons (Fsp3) is 0.456. The Labute approximate surface area is 449 Å². The molecule has 0 fully saturated rings. The molecule has 0 radical (unpaired) electrons. The fourth-order valence-corrected chi connectivity index (χ4v) is 10.6. The number of nitrogens with zero attached hydrogens (tertiary/aromatic N) is 4. The molecule has 0 spiro atoms. The van der Waals surface area contributed by atoms with Crippen LogP contribution in [0, 0.1) is 12.7 Å². The molecule has 21 heteroatoms. The van der Waals surface area contributed by atoms with Crippen LogP contribution in [-0.4, -0.2) is 123 Å². The quantitative estimate of drug-likeness (QED) is 0.0303. The Kier molecular flexibility index (Phi) is 17.9. The van der Waals surface area contributed by atoms with Gasteiger partial charge in [-0.1, -0.05) is 43.7 Å². The van der Waals surface area contributed by atoms with Gasteiger partial charge >= 0.3 is 5.97 Å². The van der Waals surface area contributed by atoms with E-state index in [4.69, 9.17) is 9.72 Å². The lowest BCUT2D eigenvalue weighted by Gasteiger charge is -2.31. The predicted octanol–water partition coefficient (Wildman–Crippen LogP) is 3.10. The summed E-state index contributed by atoms with van der Waals surface area (Å²) in [4.78, 5) is 136. The van der Waals surface area contributed by atoms with Gasteiger partial charge in [0, 0.05) is 99.4 Å². The normalized spacial score (nSPS) is 17.3. The molecule has 0 bridgehead atoms. The Morgan fingerprint density at radius 2 is 1.59 bits per heavy atom. The lowest BCUT2D eigenvalue weighted by Crippen LogP contribution is -2.44. The van der Waals surface area contributed by atoms with E-state index >= 15 is 4.39 Å². The first-order chi connectivity index (χ1) is 37.4. The van der Waals surface area contributed by atoms with Crippen LogP contribution in [0.4, 0.5) is 4.39 Å². The zero-order chi connectivity index (χ0) is 55.8. The van der Waals surface area contributed by atoms with E-state index in [1.54, 1.807) is 39.1 Å². The van der Waals surface area contributed by atoms with Gasteiger partial charge in [0.1, 0.15) is 12.4 Å². The maximum Gasteiger partial charge on any atom is 0.343 e. The van der Waals surface area contributed by atoms with Crippen molar-refractivity contribution < 1.29 is 57.4 Å². The fourth-order valence-electron chi connectivity index (χ4n) is 10.6. The summed E-state index contributed by atoms with van der Waals surface area (Å²) in [6, 6.07) is 10.5. The molecule has 5 N–H and O–H groups in total. The molecule has 8 rings (SSSR count). The van der Waals surface area contributed by atoms with E-state index in [0.717, 1.165) is 27.0 Å². The summed E-state index contributed by atoms with van der Waals surface area (Å²) >= 11 is 0. The van der Waals surface area contributed by atoms with Crippen molar-refractivity contribution in [1.82, 2.24) is 40.6 Å². The highest BCUT2D eigenvalue weighted by atomic mass is 19.1. The number of Topliss-reactive ketones (excluding diaryl/α,β-unsaturated/α-hetero) is 2. The van der Waals surface area contributed by atoms with Crippen LogP contribution < -0.4 is 26.8 Å². The third kappa shape index (κ3) is 12.6. The topological polar surface area (TPSA) is 273 Å². The van der Waals surface area contributed by atoms with Crippen molar-refractivity contribution in [3.05, 3.63) is 110 Å². The third-order valence-corrected chi connectivity index (χ3v) is 15.2. The molecule has 2 aromatic heterocycles. The number of ether oxygens (including phenoxy) is 1. The first kappa shape index (κ1) is 56.4. The number of pyridine rings is 2. The number of halogens is 1. The second-order valence-corrected chi connectivity index (χ2v) is 20.4. The van der Waals surface area contributed by atoms with Crippen LogP contribution in [0.15, 0.2) is 59.4 Å². The molecule has 6 amide bonds. The van der Waals surface area contributed by atoms with Crippen LogP contribution in [0.3, 0.4) is 0 Å². The summed E-state index contributed by atoms with van der Waals surface area (Å²) < 4.78 is 22.2. The highest BCUT2D eigenvalue weighted by molar-refractivity contribution is 6.12. The van der Waals surface area contributed by atoms with E-state index < -0.39 is 40.9 Å².